The Balaban J connectivity index is 0.00000196. The summed E-state index contributed by atoms with van der Waals surface area (Å²) < 4.78 is 17.4. The van der Waals surface area contributed by atoms with Gasteiger partial charge in [-0.25, -0.2) is 4.39 Å². The van der Waals surface area contributed by atoms with Crippen LogP contribution < -0.4 is 5.49 Å². The lowest BCUT2D eigenvalue weighted by molar-refractivity contribution is -0.142. The smallest absolute Gasteiger partial charge is 0.310 e. The number of hydrogen-bond donors (Lipinski definition) is 2. The highest BCUT2D eigenvalue weighted by Crippen LogP contribution is 1.98. The highest BCUT2D eigenvalue weighted by molar-refractivity contribution is 8.93. The second-order valence-corrected chi connectivity index (χ2v) is 2.70. The molecule has 2 N–H and O–H groups in total. The van der Waals surface area contributed by atoms with Crippen molar-refractivity contribution in [2.45, 2.75) is 13.3 Å². The van der Waals surface area contributed by atoms with Crippen molar-refractivity contribution in [3.8, 4) is 0 Å². The summed E-state index contributed by atoms with van der Waals surface area (Å²) in [5, 5.41) is 7.36. The van der Waals surface area contributed by atoms with Crippen LogP contribution in [0.3, 0.4) is 0 Å². The molecule has 0 saturated carbocycles. The lowest BCUT2D eigenvalue weighted by Gasteiger charge is -2.01. The average molecular weight is 279 g/mol. The number of pyridine rings is 1. The number of rotatable bonds is 3. The van der Waals surface area contributed by atoms with Gasteiger partial charge in [0.2, 0.25) is 0 Å². The fourth-order valence-corrected chi connectivity index (χ4v) is 1.02. The highest BCUT2D eigenvalue weighted by atomic mass is 79.9. The molecule has 0 atom stereocenters. The van der Waals surface area contributed by atoms with Gasteiger partial charge in [0.25, 0.3) is 0 Å². The maximum Gasteiger partial charge on any atom is 0.310 e. The third kappa shape index (κ3) is 4.24. The maximum atomic E-state index is 12.7. The molecule has 0 bridgehead atoms. The lowest BCUT2D eigenvalue weighted by atomic mass is 10.2. The SMILES string of the molecule is Br.CCOC(=O)Cc1cc(F)c[nH]c1=N. The minimum Gasteiger partial charge on any atom is -0.466 e. The van der Waals surface area contributed by atoms with Gasteiger partial charge in [0.1, 0.15) is 11.3 Å². The molecule has 4 nitrogen and oxygen atoms in total. The van der Waals surface area contributed by atoms with Crippen molar-refractivity contribution in [1.29, 1.82) is 5.41 Å². The second kappa shape index (κ2) is 6.34. The fraction of sp³-hybridized carbons (Fsp3) is 0.333. The monoisotopic (exact) mass is 278 g/mol. The molecule has 0 radical (unpaired) electrons. The van der Waals surface area contributed by atoms with Crippen LogP contribution in [0.5, 0.6) is 0 Å². The molecule has 0 spiro atoms. The van der Waals surface area contributed by atoms with Crippen molar-refractivity contribution >= 4 is 23.0 Å². The van der Waals surface area contributed by atoms with E-state index in [-0.39, 0.29) is 35.5 Å². The number of carbonyl (C=O) groups is 1. The number of halogens is 2. The molecule has 0 aliphatic carbocycles. The zero-order chi connectivity index (χ0) is 10.6. The summed E-state index contributed by atoms with van der Waals surface area (Å²) in [6.45, 7) is 1.97. The van der Waals surface area contributed by atoms with Crippen molar-refractivity contribution in [1.82, 2.24) is 4.98 Å². The zero-order valence-corrected chi connectivity index (χ0v) is 9.88. The lowest BCUT2D eigenvalue weighted by Crippen LogP contribution is -2.18. The van der Waals surface area contributed by atoms with Gasteiger partial charge in [-0.1, -0.05) is 0 Å². The molecular weight excluding hydrogens is 267 g/mol. The van der Waals surface area contributed by atoms with Crippen molar-refractivity contribution in [3.05, 3.63) is 29.1 Å². The van der Waals surface area contributed by atoms with E-state index in [2.05, 4.69) is 9.72 Å². The van der Waals surface area contributed by atoms with E-state index in [1.165, 1.54) is 0 Å². The summed E-state index contributed by atoms with van der Waals surface area (Å²) in [7, 11) is 0. The Labute approximate surface area is 96.7 Å². The first kappa shape index (κ1) is 13.8. The van der Waals surface area contributed by atoms with Gasteiger partial charge < -0.3 is 9.72 Å². The van der Waals surface area contributed by atoms with Gasteiger partial charge in [-0.05, 0) is 13.0 Å². The molecule has 1 heterocycles. The van der Waals surface area contributed by atoms with E-state index < -0.39 is 11.8 Å². The van der Waals surface area contributed by atoms with E-state index in [4.69, 9.17) is 5.41 Å². The van der Waals surface area contributed by atoms with Crippen molar-refractivity contribution in [2.75, 3.05) is 6.61 Å². The van der Waals surface area contributed by atoms with Crippen LogP contribution >= 0.6 is 17.0 Å². The molecule has 0 aromatic carbocycles. The van der Waals surface area contributed by atoms with Crippen molar-refractivity contribution in [2.24, 2.45) is 0 Å². The van der Waals surface area contributed by atoms with Gasteiger partial charge in [0.05, 0.1) is 13.0 Å². The first-order chi connectivity index (χ1) is 6.63. The number of carbonyl (C=O) groups excluding carboxylic acids is 1. The Kier molecular flexibility index (Phi) is 5.84. The van der Waals surface area contributed by atoms with Crippen LogP contribution in [0.2, 0.25) is 0 Å². The molecule has 0 fully saturated rings. The van der Waals surface area contributed by atoms with Gasteiger partial charge in [-0.15, -0.1) is 17.0 Å². The van der Waals surface area contributed by atoms with Gasteiger partial charge in [-0.3, -0.25) is 10.2 Å². The van der Waals surface area contributed by atoms with E-state index in [0.717, 1.165) is 12.3 Å². The number of ether oxygens (including phenoxy) is 1. The highest BCUT2D eigenvalue weighted by Gasteiger charge is 2.06. The molecule has 0 aliphatic rings. The Morgan fingerprint density at radius 1 is 1.67 bits per heavy atom. The van der Waals surface area contributed by atoms with E-state index in [9.17, 15) is 9.18 Å². The van der Waals surface area contributed by atoms with Gasteiger partial charge in [0, 0.05) is 11.8 Å². The molecular formula is C9H12BrFN2O2. The second-order valence-electron chi connectivity index (χ2n) is 2.70. The van der Waals surface area contributed by atoms with Gasteiger partial charge in [0.15, 0.2) is 0 Å². The maximum absolute atomic E-state index is 12.7. The van der Waals surface area contributed by atoms with Gasteiger partial charge in [-0.2, -0.15) is 0 Å². The van der Waals surface area contributed by atoms with Gasteiger partial charge >= 0.3 is 5.97 Å². The Morgan fingerprint density at radius 3 is 2.93 bits per heavy atom. The Hall–Kier alpha value is -1.17. The third-order valence-electron chi connectivity index (χ3n) is 1.63. The number of aromatic amines is 1. The third-order valence-corrected chi connectivity index (χ3v) is 1.63. The molecule has 0 aliphatic heterocycles. The predicted octanol–water partition coefficient (Wildman–Crippen LogP) is 1.32. The minimum absolute atomic E-state index is 0. The molecule has 1 aromatic rings. The summed E-state index contributed by atoms with van der Waals surface area (Å²) in [6.07, 6.45) is 0.984. The average Bonchev–Trinajstić information content (AvgIpc) is 2.12. The predicted molar refractivity (Wildman–Crippen MR) is 57.3 cm³/mol. The zero-order valence-electron chi connectivity index (χ0n) is 8.17. The van der Waals surface area contributed by atoms with E-state index in [1.807, 2.05) is 0 Å². The Morgan fingerprint density at radius 2 is 2.33 bits per heavy atom. The number of esters is 1. The first-order valence-corrected chi connectivity index (χ1v) is 4.20. The summed E-state index contributed by atoms with van der Waals surface area (Å²) in [4.78, 5) is 13.4. The molecule has 6 heteroatoms. The van der Waals surface area contributed by atoms with E-state index >= 15 is 0 Å². The molecule has 0 unspecified atom stereocenters. The summed E-state index contributed by atoms with van der Waals surface area (Å²) in [5.41, 5.74) is 0.322. The molecule has 0 saturated heterocycles. The quantitative estimate of drug-likeness (QED) is 0.819. The molecule has 15 heavy (non-hydrogen) atoms. The molecule has 1 aromatic heterocycles. The van der Waals surface area contributed by atoms with Crippen LogP contribution in [0.25, 0.3) is 0 Å². The summed E-state index contributed by atoms with van der Waals surface area (Å²) in [6, 6.07) is 1.15. The molecule has 84 valence electrons. The first-order valence-electron chi connectivity index (χ1n) is 4.20. The normalized spacial score (nSPS) is 9.20. The standard InChI is InChI=1S/C9H11FN2O2.BrH/c1-2-14-8(13)4-6-3-7(10)5-12-9(6)11;/h3,5H,2,4H2,1H3,(H2,11,12);1H. The number of nitrogens with one attached hydrogen (secondary N) is 2. The van der Waals surface area contributed by atoms with Crippen LogP contribution in [-0.2, 0) is 16.0 Å². The van der Waals surface area contributed by atoms with Crippen LogP contribution in [0, 0.1) is 11.2 Å². The summed E-state index contributed by atoms with van der Waals surface area (Å²) >= 11 is 0. The number of H-pyrrole nitrogens is 1. The number of aromatic nitrogens is 1. The van der Waals surface area contributed by atoms with Crippen molar-refractivity contribution < 1.29 is 13.9 Å². The van der Waals surface area contributed by atoms with Crippen LogP contribution in [0.4, 0.5) is 4.39 Å². The molecule has 0 amide bonds. The van der Waals surface area contributed by atoms with Crippen molar-refractivity contribution in [3.63, 3.8) is 0 Å². The molecule has 1 rings (SSSR count). The largest absolute Gasteiger partial charge is 0.466 e. The van der Waals surface area contributed by atoms with E-state index in [1.54, 1.807) is 6.92 Å². The summed E-state index contributed by atoms with van der Waals surface area (Å²) in [5.74, 6) is -0.958. The fourth-order valence-electron chi connectivity index (χ4n) is 1.02. The van der Waals surface area contributed by atoms with Crippen LogP contribution in [0.1, 0.15) is 12.5 Å². The number of hydrogen-bond acceptors (Lipinski definition) is 3. The van der Waals surface area contributed by atoms with E-state index in [0.29, 0.717) is 5.56 Å². The minimum atomic E-state index is -0.500. The Bertz CT molecular complexity index is 392. The van der Waals surface area contributed by atoms with Crippen LogP contribution in [0.15, 0.2) is 12.3 Å². The van der Waals surface area contributed by atoms with Crippen LogP contribution in [-0.4, -0.2) is 17.6 Å². The topological polar surface area (TPSA) is 65.9 Å².